The number of sulfone groups is 1. The van der Waals surface area contributed by atoms with Gasteiger partial charge in [0.05, 0.1) is 26.2 Å². The first-order chi connectivity index (χ1) is 15.6. The number of thioether (sulfide) groups is 1. The van der Waals surface area contributed by atoms with Crippen LogP contribution in [-0.2, 0) is 20.4 Å². The molecule has 0 fully saturated rings. The molecule has 0 bridgehead atoms. The van der Waals surface area contributed by atoms with Crippen molar-refractivity contribution in [2.75, 3.05) is 5.32 Å². The maximum absolute atomic E-state index is 13.0. The largest absolute Gasteiger partial charge is 0.320 e. The molecule has 1 aliphatic rings. The van der Waals surface area contributed by atoms with E-state index in [1.54, 1.807) is 24.3 Å². The van der Waals surface area contributed by atoms with Crippen LogP contribution in [0.5, 0.6) is 0 Å². The highest BCUT2D eigenvalue weighted by Gasteiger charge is 2.25. The number of carbonyl (C=O) groups is 1. The Bertz CT molecular complexity index is 1400. The van der Waals surface area contributed by atoms with E-state index in [0.717, 1.165) is 11.8 Å². The summed E-state index contributed by atoms with van der Waals surface area (Å²) >= 11 is 13.4. The minimum Gasteiger partial charge on any atom is -0.320 e. The fraction of sp³-hybridized carbons (Fsp3) is 0.0455. The number of rotatable bonds is 5. The number of nitro groups is 1. The summed E-state index contributed by atoms with van der Waals surface area (Å²) in [6.07, 6.45) is 1.58. The number of benzene rings is 3. The van der Waals surface area contributed by atoms with Crippen LogP contribution in [-0.4, -0.2) is 19.2 Å². The molecule has 0 spiro atoms. The number of hydrogen-bond donors (Lipinski definition) is 1. The van der Waals surface area contributed by atoms with Gasteiger partial charge >= 0.3 is 0 Å². The average Bonchev–Trinajstić information content (AvgIpc) is 2.77. The van der Waals surface area contributed by atoms with Crippen molar-refractivity contribution in [3.05, 3.63) is 96.9 Å². The minimum absolute atomic E-state index is 0.0586. The third-order valence-corrected chi connectivity index (χ3v) is 8.23. The standard InChI is InChI=1S/C22H14Cl2N2O5S2/c23-17-2-1-3-18(24)16(17)12-33(30,31)15-8-9-19-20(11-15)32-21(22(27)25-19)10-13-4-6-14(7-5-13)26(28)29/h1-11H,12H2,(H,25,27)/b21-10+. The zero-order valence-electron chi connectivity index (χ0n) is 16.6. The van der Waals surface area contributed by atoms with Gasteiger partial charge in [-0.05, 0) is 54.1 Å². The number of amides is 1. The highest BCUT2D eigenvalue weighted by molar-refractivity contribution is 8.04. The quantitative estimate of drug-likeness (QED) is 0.252. The molecule has 0 radical (unpaired) electrons. The summed E-state index contributed by atoms with van der Waals surface area (Å²) in [6, 6.07) is 15.0. The Morgan fingerprint density at radius 3 is 2.33 bits per heavy atom. The molecule has 1 amide bonds. The second-order valence-electron chi connectivity index (χ2n) is 7.03. The number of carbonyl (C=O) groups excluding carboxylic acids is 1. The van der Waals surface area contributed by atoms with E-state index in [4.69, 9.17) is 23.2 Å². The first kappa shape index (κ1) is 23.3. The van der Waals surface area contributed by atoms with E-state index in [2.05, 4.69) is 5.32 Å². The van der Waals surface area contributed by atoms with Crippen LogP contribution in [0.25, 0.3) is 6.08 Å². The van der Waals surface area contributed by atoms with E-state index in [9.17, 15) is 23.3 Å². The fourth-order valence-electron chi connectivity index (χ4n) is 3.11. The molecular formula is C22H14Cl2N2O5S2. The number of nitro benzene ring substituents is 1. The molecule has 168 valence electrons. The van der Waals surface area contributed by atoms with Crippen molar-refractivity contribution in [2.45, 2.75) is 15.5 Å². The Hall–Kier alpha value is -2.85. The van der Waals surface area contributed by atoms with Crippen LogP contribution in [0.3, 0.4) is 0 Å². The molecule has 1 N–H and O–H groups in total. The summed E-state index contributed by atoms with van der Waals surface area (Å²) in [5.41, 5.74) is 1.34. The maximum atomic E-state index is 13.0. The number of fused-ring (bicyclic) bond motifs is 1. The fourth-order valence-corrected chi connectivity index (χ4v) is 6.30. The van der Waals surface area contributed by atoms with Crippen LogP contribution in [0.1, 0.15) is 11.1 Å². The minimum atomic E-state index is -3.77. The maximum Gasteiger partial charge on any atom is 0.269 e. The van der Waals surface area contributed by atoms with Gasteiger partial charge in [0.25, 0.3) is 11.6 Å². The monoisotopic (exact) mass is 520 g/mol. The third kappa shape index (κ3) is 5.06. The van der Waals surface area contributed by atoms with Crippen LogP contribution in [0.2, 0.25) is 10.0 Å². The van der Waals surface area contributed by atoms with Gasteiger partial charge in [0.15, 0.2) is 9.84 Å². The zero-order valence-corrected chi connectivity index (χ0v) is 19.8. The molecule has 0 aliphatic carbocycles. The number of halogens is 2. The van der Waals surface area contributed by atoms with Gasteiger partial charge in [-0.3, -0.25) is 14.9 Å². The highest BCUT2D eigenvalue weighted by atomic mass is 35.5. The van der Waals surface area contributed by atoms with Crippen molar-refractivity contribution >= 4 is 68.2 Å². The average molecular weight is 521 g/mol. The normalized spacial score (nSPS) is 14.6. The summed E-state index contributed by atoms with van der Waals surface area (Å²) in [4.78, 5) is 23.7. The molecule has 33 heavy (non-hydrogen) atoms. The van der Waals surface area contributed by atoms with Gasteiger partial charge < -0.3 is 5.32 Å². The molecule has 1 heterocycles. The number of non-ortho nitro benzene ring substituents is 1. The first-order valence-corrected chi connectivity index (χ1v) is 12.6. The molecule has 11 heteroatoms. The second-order valence-corrected chi connectivity index (χ2v) is 10.9. The summed E-state index contributed by atoms with van der Waals surface area (Å²) in [7, 11) is -3.77. The van der Waals surface area contributed by atoms with E-state index in [1.165, 1.54) is 42.5 Å². The number of anilines is 1. The molecule has 0 unspecified atom stereocenters. The summed E-state index contributed by atoms with van der Waals surface area (Å²) in [6.45, 7) is 0. The number of nitrogens with zero attached hydrogens (tertiary/aromatic N) is 1. The topological polar surface area (TPSA) is 106 Å². The van der Waals surface area contributed by atoms with Gasteiger partial charge in [-0.1, -0.05) is 41.0 Å². The molecule has 4 rings (SSSR count). The highest BCUT2D eigenvalue weighted by Crippen LogP contribution is 2.40. The second kappa shape index (κ2) is 9.18. The van der Waals surface area contributed by atoms with Crippen molar-refractivity contribution in [1.29, 1.82) is 0 Å². The van der Waals surface area contributed by atoms with E-state index < -0.39 is 14.8 Å². The van der Waals surface area contributed by atoms with Crippen LogP contribution >= 0.6 is 35.0 Å². The van der Waals surface area contributed by atoms with E-state index in [0.29, 0.717) is 26.6 Å². The lowest BCUT2D eigenvalue weighted by molar-refractivity contribution is -0.384. The Morgan fingerprint density at radius 2 is 1.70 bits per heavy atom. The van der Waals surface area contributed by atoms with Gasteiger partial charge in [0.2, 0.25) is 0 Å². The van der Waals surface area contributed by atoms with Gasteiger partial charge in [0, 0.05) is 32.6 Å². The molecule has 3 aromatic carbocycles. The molecule has 7 nitrogen and oxygen atoms in total. The van der Waals surface area contributed by atoms with Gasteiger partial charge in [-0.15, -0.1) is 0 Å². The Kier molecular flexibility index (Phi) is 6.49. The Morgan fingerprint density at radius 1 is 1.03 bits per heavy atom. The summed E-state index contributed by atoms with van der Waals surface area (Å²) < 4.78 is 26.1. The van der Waals surface area contributed by atoms with Crippen LogP contribution < -0.4 is 5.32 Å². The lowest BCUT2D eigenvalue weighted by Gasteiger charge is -2.19. The molecule has 0 aromatic heterocycles. The number of nitrogens with one attached hydrogen (secondary N) is 1. The van der Waals surface area contributed by atoms with Crippen molar-refractivity contribution in [3.8, 4) is 0 Å². The molecule has 3 aromatic rings. The first-order valence-electron chi connectivity index (χ1n) is 9.39. The van der Waals surface area contributed by atoms with Gasteiger partial charge in [0.1, 0.15) is 0 Å². The smallest absolute Gasteiger partial charge is 0.269 e. The predicted octanol–water partition coefficient (Wildman–Crippen LogP) is 5.96. The molecule has 0 saturated carbocycles. The van der Waals surface area contributed by atoms with Crippen molar-refractivity contribution in [2.24, 2.45) is 0 Å². The lowest BCUT2D eigenvalue weighted by atomic mass is 10.2. The van der Waals surface area contributed by atoms with Gasteiger partial charge in [-0.2, -0.15) is 0 Å². The lowest BCUT2D eigenvalue weighted by Crippen LogP contribution is -2.17. The third-order valence-electron chi connectivity index (χ3n) is 4.80. The molecule has 0 atom stereocenters. The van der Waals surface area contributed by atoms with Crippen molar-refractivity contribution in [1.82, 2.24) is 0 Å². The van der Waals surface area contributed by atoms with Gasteiger partial charge in [-0.25, -0.2) is 8.42 Å². The molecular weight excluding hydrogens is 507 g/mol. The van der Waals surface area contributed by atoms with Crippen molar-refractivity contribution in [3.63, 3.8) is 0 Å². The van der Waals surface area contributed by atoms with E-state index in [-0.39, 0.29) is 32.3 Å². The molecule has 1 aliphatic heterocycles. The molecule has 0 saturated heterocycles. The van der Waals surface area contributed by atoms with Crippen LogP contribution in [0, 0.1) is 10.1 Å². The number of hydrogen-bond acceptors (Lipinski definition) is 6. The van der Waals surface area contributed by atoms with E-state index >= 15 is 0 Å². The van der Waals surface area contributed by atoms with Crippen molar-refractivity contribution < 1.29 is 18.1 Å². The van der Waals surface area contributed by atoms with Crippen LogP contribution in [0.15, 0.2) is 75.4 Å². The Balaban J connectivity index is 1.63. The SMILES string of the molecule is O=C1Nc2ccc(S(=O)(=O)Cc3c(Cl)cccc3Cl)cc2S/C1=C/c1ccc([N+](=O)[O-])cc1. The summed E-state index contributed by atoms with van der Waals surface area (Å²) in [5, 5.41) is 14.1. The Labute approximate surface area is 203 Å². The summed E-state index contributed by atoms with van der Waals surface area (Å²) in [5.74, 6) is -0.725. The van der Waals surface area contributed by atoms with Crippen LogP contribution in [0.4, 0.5) is 11.4 Å². The zero-order chi connectivity index (χ0) is 23.8. The van der Waals surface area contributed by atoms with E-state index in [1.807, 2.05) is 0 Å². The predicted molar refractivity (Wildman–Crippen MR) is 129 cm³/mol.